The maximum atomic E-state index is 13.0. The van der Waals surface area contributed by atoms with Crippen LogP contribution in [0.3, 0.4) is 0 Å². The lowest BCUT2D eigenvalue weighted by atomic mass is 10.0. The third kappa shape index (κ3) is 5.73. The second kappa shape index (κ2) is 10.7. The molecule has 32 heavy (non-hydrogen) atoms. The standard InChI is InChI=1S/C23H30N4O5/c1-25(13-18(29)15-28)5-3-4-17-10-16(12-27-6-8-32-9-7-27)11-19-21(17)26(2)14-20(22(19)30)23(24)31/h10-11,14,18,28-29H,5-9,12-13,15H2,1-2H3,(H2,24,31). The zero-order chi connectivity index (χ0) is 23.3. The lowest BCUT2D eigenvalue weighted by Gasteiger charge is -2.26. The van der Waals surface area contributed by atoms with Crippen molar-refractivity contribution in [2.75, 3.05) is 53.0 Å². The molecule has 3 rings (SSSR count). The summed E-state index contributed by atoms with van der Waals surface area (Å²) in [6, 6.07) is 3.78. The molecule has 0 saturated carbocycles. The topological polar surface area (TPSA) is 121 Å². The Morgan fingerprint density at radius 1 is 1.34 bits per heavy atom. The number of hydrogen-bond donors (Lipinski definition) is 3. The number of aliphatic hydroxyl groups is 2. The van der Waals surface area contributed by atoms with Crippen LogP contribution in [0.2, 0.25) is 0 Å². The summed E-state index contributed by atoms with van der Waals surface area (Å²) in [7, 11) is 3.56. The molecule has 1 aromatic carbocycles. The second-order valence-electron chi connectivity index (χ2n) is 8.11. The number of morpholine rings is 1. The number of carbonyl (C=O) groups excluding carboxylic acids is 1. The molecule has 0 bridgehead atoms. The zero-order valence-electron chi connectivity index (χ0n) is 18.5. The summed E-state index contributed by atoms with van der Waals surface area (Å²) in [5, 5.41) is 19.0. The first-order chi connectivity index (χ1) is 15.3. The van der Waals surface area contributed by atoms with Crippen LogP contribution in [0, 0.1) is 11.8 Å². The molecular weight excluding hydrogens is 412 g/mol. The molecule has 9 nitrogen and oxygen atoms in total. The first-order valence-corrected chi connectivity index (χ1v) is 10.5. The van der Waals surface area contributed by atoms with E-state index in [9.17, 15) is 14.7 Å². The van der Waals surface area contributed by atoms with Gasteiger partial charge < -0.3 is 25.3 Å². The molecule has 1 aliphatic rings. The van der Waals surface area contributed by atoms with Gasteiger partial charge in [0.2, 0.25) is 5.43 Å². The first-order valence-electron chi connectivity index (χ1n) is 10.5. The normalized spacial score (nSPS) is 15.5. The van der Waals surface area contributed by atoms with Crippen LogP contribution in [0.4, 0.5) is 0 Å². The van der Waals surface area contributed by atoms with Gasteiger partial charge in [-0.3, -0.25) is 19.4 Å². The lowest BCUT2D eigenvalue weighted by Crippen LogP contribution is -2.35. The monoisotopic (exact) mass is 442 g/mol. The summed E-state index contributed by atoms with van der Waals surface area (Å²) in [6.07, 6.45) is 0.622. The number of pyridine rings is 1. The highest BCUT2D eigenvalue weighted by atomic mass is 16.5. The summed E-state index contributed by atoms with van der Waals surface area (Å²) in [5.74, 6) is 5.47. The van der Waals surface area contributed by atoms with Gasteiger partial charge in [-0.15, -0.1) is 0 Å². The van der Waals surface area contributed by atoms with Crippen LogP contribution in [0.1, 0.15) is 21.5 Å². The van der Waals surface area contributed by atoms with Crippen molar-refractivity contribution in [1.29, 1.82) is 0 Å². The molecule has 1 fully saturated rings. The van der Waals surface area contributed by atoms with E-state index in [2.05, 4.69) is 16.7 Å². The number of nitrogens with zero attached hydrogens (tertiary/aromatic N) is 3. The Morgan fingerprint density at radius 2 is 2.06 bits per heavy atom. The molecule has 2 aromatic rings. The van der Waals surface area contributed by atoms with Crippen LogP contribution < -0.4 is 11.2 Å². The number of likely N-dealkylation sites (N-methyl/N-ethyl adjacent to an activating group) is 1. The highest BCUT2D eigenvalue weighted by Gasteiger charge is 2.17. The van der Waals surface area contributed by atoms with E-state index in [1.807, 2.05) is 12.1 Å². The third-order valence-corrected chi connectivity index (χ3v) is 5.41. The zero-order valence-corrected chi connectivity index (χ0v) is 18.5. The molecule has 1 aromatic heterocycles. The predicted octanol–water partition coefficient (Wildman–Crippen LogP) is -0.894. The Labute approximate surface area is 187 Å². The lowest BCUT2D eigenvalue weighted by molar-refractivity contribution is 0.0342. The number of amides is 1. The first kappa shape index (κ1) is 23.9. The molecule has 1 unspecified atom stereocenters. The van der Waals surface area contributed by atoms with E-state index >= 15 is 0 Å². The van der Waals surface area contributed by atoms with Gasteiger partial charge in [0.15, 0.2) is 0 Å². The van der Waals surface area contributed by atoms with Crippen molar-refractivity contribution < 1.29 is 19.7 Å². The van der Waals surface area contributed by atoms with E-state index in [0.717, 1.165) is 18.7 Å². The van der Waals surface area contributed by atoms with Crippen LogP contribution in [0.5, 0.6) is 0 Å². The van der Waals surface area contributed by atoms with Gasteiger partial charge >= 0.3 is 0 Å². The summed E-state index contributed by atoms with van der Waals surface area (Å²) >= 11 is 0. The Bertz CT molecular complexity index is 1100. The van der Waals surface area contributed by atoms with Crippen molar-refractivity contribution in [3.63, 3.8) is 0 Å². The number of rotatable bonds is 7. The van der Waals surface area contributed by atoms with Gasteiger partial charge in [-0.2, -0.15) is 0 Å². The van der Waals surface area contributed by atoms with Crippen molar-refractivity contribution >= 4 is 16.8 Å². The molecule has 172 valence electrons. The maximum Gasteiger partial charge on any atom is 0.254 e. The van der Waals surface area contributed by atoms with Crippen LogP contribution >= 0.6 is 0 Å². The van der Waals surface area contributed by atoms with Gasteiger partial charge in [0.25, 0.3) is 5.91 Å². The fourth-order valence-corrected chi connectivity index (χ4v) is 3.84. The van der Waals surface area contributed by atoms with Gasteiger partial charge in [-0.25, -0.2) is 0 Å². The molecule has 4 N–H and O–H groups in total. The minimum Gasteiger partial charge on any atom is -0.394 e. The highest BCUT2D eigenvalue weighted by Crippen LogP contribution is 2.20. The fraction of sp³-hybridized carbons (Fsp3) is 0.478. The van der Waals surface area contributed by atoms with Gasteiger partial charge in [-0.1, -0.05) is 11.8 Å². The van der Waals surface area contributed by atoms with E-state index in [-0.39, 0.29) is 12.2 Å². The molecule has 1 aliphatic heterocycles. The number of fused-ring (bicyclic) bond motifs is 1. The quantitative estimate of drug-likeness (QED) is 0.476. The van der Waals surface area contributed by atoms with E-state index in [4.69, 9.17) is 15.6 Å². The Kier molecular flexibility index (Phi) is 8.01. The highest BCUT2D eigenvalue weighted by molar-refractivity contribution is 5.97. The van der Waals surface area contributed by atoms with Gasteiger partial charge in [0.05, 0.1) is 38.0 Å². The third-order valence-electron chi connectivity index (χ3n) is 5.41. The molecule has 1 amide bonds. The Morgan fingerprint density at radius 3 is 2.72 bits per heavy atom. The van der Waals surface area contributed by atoms with Gasteiger partial charge in [0, 0.05) is 50.4 Å². The SMILES string of the molecule is CN(CC#Cc1cc(CN2CCOCC2)cc2c(=O)c(C(N)=O)cn(C)c12)CC(O)CO. The smallest absolute Gasteiger partial charge is 0.254 e. The number of nitrogens with two attached hydrogens (primary N) is 1. The summed E-state index contributed by atoms with van der Waals surface area (Å²) in [5.41, 5.74) is 7.20. The summed E-state index contributed by atoms with van der Waals surface area (Å²) in [6.45, 7) is 3.94. The van der Waals surface area contributed by atoms with E-state index < -0.39 is 17.4 Å². The average Bonchev–Trinajstić information content (AvgIpc) is 2.76. The number of benzene rings is 1. The number of aryl methyl sites for hydroxylation is 1. The second-order valence-corrected chi connectivity index (χ2v) is 8.11. The average molecular weight is 443 g/mol. The maximum absolute atomic E-state index is 13.0. The van der Waals surface area contributed by atoms with Gasteiger partial charge in [0.1, 0.15) is 5.56 Å². The fourth-order valence-electron chi connectivity index (χ4n) is 3.84. The van der Waals surface area contributed by atoms with E-state index in [0.29, 0.717) is 49.3 Å². The van der Waals surface area contributed by atoms with Crippen molar-refractivity contribution in [3.05, 3.63) is 45.2 Å². The number of hydrogen-bond acceptors (Lipinski definition) is 7. The summed E-state index contributed by atoms with van der Waals surface area (Å²) in [4.78, 5) is 28.8. The molecule has 0 spiro atoms. The van der Waals surface area contributed by atoms with Gasteiger partial charge in [-0.05, 0) is 24.7 Å². The summed E-state index contributed by atoms with van der Waals surface area (Å²) < 4.78 is 7.12. The number of aromatic nitrogens is 1. The van der Waals surface area contributed by atoms with Crippen molar-refractivity contribution in [1.82, 2.24) is 14.4 Å². The van der Waals surface area contributed by atoms with Crippen LogP contribution in [0.25, 0.3) is 10.9 Å². The number of ether oxygens (including phenoxy) is 1. The Hall–Kier alpha value is -2.74. The molecule has 0 radical (unpaired) electrons. The number of primary amides is 1. The minimum atomic E-state index is -0.826. The van der Waals surface area contributed by atoms with Crippen LogP contribution in [-0.4, -0.2) is 89.6 Å². The minimum absolute atomic E-state index is 0.0554. The van der Waals surface area contributed by atoms with E-state index in [1.165, 1.54) is 6.20 Å². The number of aliphatic hydroxyl groups excluding tert-OH is 2. The number of carbonyl (C=O) groups is 1. The predicted molar refractivity (Wildman–Crippen MR) is 121 cm³/mol. The molecule has 2 heterocycles. The molecular formula is C23H30N4O5. The van der Waals surface area contributed by atoms with Crippen molar-refractivity contribution in [3.8, 4) is 11.8 Å². The van der Waals surface area contributed by atoms with E-state index in [1.54, 1.807) is 23.6 Å². The van der Waals surface area contributed by atoms with Crippen LogP contribution in [0.15, 0.2) is 23.1 Å². The van der Waals surface area contributed by atoms with Crippen LogP contribution in [-0.2, 0) is 18.3 Å². The Balaban J connectivity index is 2.02. The molecule has 0 aliphatic carbocycles. The van der Waals surface area contributed by atoms with Crippen molar-refractivity contribution in [2.24, 2.45) is 12.8 Å². The molecule has 1 atom stereocenters. The van der Waals surface area contributed by atoms with Crippen molar-refractivity contribution in [2.45, 2.75) is 12.6 Å². The largest absolute Gasteiger partial charge is 0.394 e. The molecule has 1 saturated heterocycles. The molecule has 9 heteroatoms.